The summed E-state index contributed by atoms with van der Waals surface area (Å²) in [6.45, 7) is 6.16. The first kappa shape index (κ1) is 27.0. The second kappa shape index (κ2) is 11.3. The van der Waals surface area contributed by atoms with Crippen molar-refractivity contribution in [2.75, 3.05) is 5.75 Å². The molecule has 1 atom stereocenters. The van der Waals surface area contributed by atoms with Gasteiger partial charge in [-0.2, -0.15) is 11.8 Å². The standard InChI is InChI=1S/C34H36ClNOS/c1-33(2,37)30-10-5-4-8-25(30)14-18-32(38-23-34(3)19-20-34)27-9-6-7-24(21-27)11-16-29-17-13-26-12-15-28(35)22-31(26)36-29/h4-13,15-17,21-22,32,37H,14,18-20,23H2,1-3H3/b16-11-/t32-/m1/s1. The van der Waals surface area contributed by atoms with Crippen LogP contribution in [0.3, 0.4) is 0 Å². The number of pyridine rings is 1. The van der Waals surface area contributed by atoms with Gasteiger partial charge in [0.15, 0.2) is 0 Å². The van der Waals surface area contributed by atoms with Gasteiger partial charge in [0.2, 0.25) is 0 Å². The highest BCUT2D eigenvalue weighted by molar-refractivity contribution is 7.99. The number of aromatic nitrogens is 1. The third kappa shape index (κ3) is 6.88. The topological polar surface area (TPSA) is 33.1 Å². The molecule has 0 amide bonds. The summed E-state index contributed by atoms with van der Waals surface area (Å²) in [5.74, 6) is 1.19. The van der Waals surface area contributed by atoms with Gasteiger partial charge in [-0.1, -0.05) is 85.3 Å². The van der Waals surface area contributed by atoms with E-state index in [4.69, 9.17) is 16.6 Å². The Morgan fingerprint density at radius 3 is 2.58 bits per heavy atom. The molecule has 1 aliphatic rings. The van der Waals surface area contributed by atoms with Crippen LogP contribution < -0.4 is 0 Å². The number of thioether (sulfide) groups is 1. The Bertz CT molecular complexity index is 1450. The molecule has 0 bridgehead atoms. The van der Waals surface area contributed by atoms with Gasteiger partial charge in [-0.05, 0) is 97.2 Å². The zero-order chi connectivity index (χ0) is 26.8. The number of aliphatic hydroxyl groups is 1. The molecule has 0 saturated heterocycles. The Hall–Kier alpha value is -2.59. The smallest absolute Gasteiger partial charge is 0.0843 e. The highest BCUT2D eigenvalue weighted by Crippen LogP contribution is 2.50. The predicted molar refractivity (Wildman–Crippen MR) is 165 cm³/mol. The van der Waals surface area contributed by atoms with Crippen molar-refractivity contribution in [1.82, 2.24) is 4.98 Å². The molecule has 1 saturated carbocycles. The predicted octanol–water partition coefficient (Wildman–Crippen LogP) is 9.49. The largest absolute Gasteiger partial charge is 0.386 e. The van der Waals surface area contributed by atoms with Crippen molar-refractivity contribution in [2.24, 2.45) is 5.41 Å². The quantitative estimate of drug-likeness (QED) is 0.217. The Balaban J connectivity index is 1.36. The molecule has 38 heavy (non-hydrogen) atoms. The summed E-state index contributed by atoms with van der Waals surface area (Å²) >= 11 is 8.26. The van der Waals surface area contributed by atoms with E-state index in [2.05, 4.69) is 79.4 Å². The first-order chi connectivity index (χ1) is 18.2. The molecule has 1 fully saturated rings. The average molecular weight is 542 g/mol. The fourth-order valence-corrected chi connectivity index (χ4v) is 6.55. The lowest BCUT2D eigenvalue weighted by atomic mass is 9.90. The van der Waals surface area contributed by atoms with Crippen LogP contribution in [-0.2, 0) is 12.0 Å². The Kier molecular flexibility index (Phi) is 8.00. The molecule has 0 aliphatic heterocycles. The van der Waals surface area contributed by atoms with Crippen LogP contribution in [-0.4, -0.2) is 15.8 Å². The Morgan fingerprint density at radius 1 is 1.00 bits per heavy atom. The first-order valence-electron chi connectivity index (χ1n) is 13.5. The molecule has 1 N–H and O–H groups in total. The molecular weight excluding hydrogens is 506 g/mol. The molecule has 1 aliphatic carbocycles. The van der Waals surface area contributed by atoms with Crippen LogP contribution in [0.1, 0.15) is 73.2 Å². The summed E-state index contributed by atoms with van der Waals surface area (Å²) in [5, 5.41) is 12.9. The van der Waals surface area contributed by atoms with E-state index in [1.807, 2.05) is 44.2 Å². The lowest BCUT2D eigenvalue weighted by Gasteiger charge is -2.24. The minimum atomic E-state index is -0.840. The van der Waals surface area contributed by atoms with E-state index >= 15 is 0 Å². The highest BCUT2D eigenvalue weighted by Gasteiger charge is 2.37. The number of hydrogen-bond acceptors (Lipinski definition) is 3. The summed E-state index contributed by atoms with van der Waals surface area (Å²) < 4.78 is 0. The van der Waals surface area contributed by atoms with Crippen molar-refractivity contribution in [2.45, 2.75) is 57.3 Å². The maximum atomic E-state index is 10.7. The van der Waals surface area contributed by atoms with Crippen molar-refractivity contribution < 1.29 is 5.11 Å². The number of rotatable bonds is 10. The molecule has 3 aromatic carbocycles. The fourth-order valence-electron chi connectivity index (χ4n) is 4.87. The molecular formula is C34H36ClNOS. The van der Waals surface area contributed by atoms with Crippen molar-refractivity contribution in [3.05, 3.63) is 112 Å². The van der Waals surface area contributed by atoms with Crippen LogP contribution >= 0.6 is 23.4 Å². The fraction of sp³-hybridized carbons (Fsp3) is 0.324. The van der Waals surface area contributed by atoms with Gasteiger partial charge in [0.05, 0.1) is 16.8 Å². The minimum absolute atomic E-state index is 0.400. The van der Waals surface area contributed by atoms with E-state index in [9.17, 15) is 5.11 Å². The number of hydrogen-bond donors (Lipinski definition) is 1. The second-order valence-electron chi connectivity index (χ2n) is 11.4. The number of benzene rings is 3. The number of aryl methyl sites for hydroxylation is 1. The van der Waals surface area contributed by atoms with Gasteiger partial charge in [0.1, 0.15) is 0 Å². The normalized spacial score (nSPS) is 15.7. The van der Waals surface area contributed by atoms with E-state index in [-0.39, 0.29) is 0 Å². The third-order valence-corrected chi connectivity index (χ3v) is 9.50. The SMILES string of the molecule is CC1(CS[C@H](CCc2ccccc2C(C)(C)O)c2cccc(/C=C\c3ccc4ccc(Cl)cc4n3)c2)CC1. The molecule has 0 radical (unpaired) electrons. The Labute approximate surface area is 236 Å². The number of halogens is 1. The summed E-state index contributed by atoms with van der Waals surface area (Å²) in [6.07, 6.45) is 8.87. The highest BCUT2D eigenvalue weighted by atomic mass is 35.5. The van der Waals surface area contributed by atoms with Crippen LogP contribution in [0.5, 0.6) is 0 Å². The lowest BCUT2D eigenvalue weighted by molar-refractivity contribution is 0.0776. The van der Waals surface area contributed by atoms with Crippen molar-refractivity contribution in [1.29, 1.82) is 0 Å². The van der Waals surface area contributed by atoms with Gasteiger partial charge in [-0.3, -0.25) is 0 Å². The maximum absolute atomic E-state index is 10.7. The summed E-state index contributed by atoms with van der Waals surface area (Å²) in [7, 11) is 0. The summed E-state index contributed by atoms with van der Waals surface area (Å²) in [4.78, 5) is 4.77. The van der Waals surface area contributed by atoms with Gasteiger partial charge in [-0.15, -0.1) is 0 Å². The van der Waals surface area contributed by atoms with E-state index in [1.54, 1.807) is 0 Å². The van der Waals surface area contributed by atoms with Gasteiger partial charge < -0.3 is 5.11 Å². The van der Waals surface area contributed by atoms with Crippen molar-refractivity contribution >= 4 is 46.4 Å². The van der Waals surface area contributed by atoms with Crippen molar-refractivity contribution in [3.63, 3.8) is 0 Å². The van der Waals surface area contributed by atoms with Gasteiger partial charge in [-0.25, -0.2) is 4.98 Å². The van der Waals surface area contributed by atoms with Crippen LogP contribution in [0, 0.1) is 5.41 Å². The van der Waals surface area contributed by atoms with Crippen LogP contribution in [0.25, 0.3) is 23.1 Å². The Morgan fingerprint density at radius 2 is 1.79 bits per heavy atom. The van der Waals surface area contributed by atoms with Gasteiger partial charge >= 0.3 is 0 Å². The molecule has 4 heteroatoms. The second-order valence-corrected chi connectivity index (χ2v) is 13.1. The van der Waals surface area contributed by atoms with E-state index < -0.39 is 5.60 Å². The maximum Gasteiger partial charge on any atom is 0.0843 e. The number of fused-ring (bicyclic) bond motifs is 1. The summed E-state index contributed by atoms with van der Waals surface area (Å²) in [6, 6.07) is 27.2. The molecule has 1 heterocycles. The summed E-state index contributed by atoms with van der Waals surface area (Å²) in [5.41, 5.74) is 6.28. The average Bonchev–Trinajstić information content (AvgIpc) is 3.64. The van der Waals surface area contributed by atoms with E-state index in [0.29, 0.717) is 15.7 Å². The molecule has 5 rings (SSSR count). The minimum Gasteiger partial charge on any atom is -0.386 e. The molecule has 4 aromatic rings. The van der Waals surface area contributed by atoms with Crippen LogP contribution in [0.4, 0.5) is 0 Å². The molecule has 1 aromatic heterocycles. The molecule has 196 valence electrons. The first-order valence-corrected chi connectivity index (χ1v) is 14.9. The zero-order valence-electron chi connectivity index (χ0n) is 22.5. The van der Waals surface area contributed by atoms with E-state index in [0.717, 1.165) is 35.0 Å². The lowest BCUT2D eigenvalue weighted by Crippen LogP contribution is -2.18. The molecule has 2 nitrogen and oxygen atoms in total. The van der Waals surface area contributed by atoms with E-state index in [1.165, 1.54) is 35.3 Å². The van der Waals surface area contributed by atoms with Crippen LogP contribution in [0.2, 0.25) is 5.02 Å². The molecule has 0 spiro atoms. The van der Waals surface area contributed by atoms with Gasteiger partial charge in [0.25, 0.3) is 0 Å². The monoisotopic (exact) mass is 541 g/mol. The van der Waals surface area contributed by atoms with Crippen LogP contribution in [0.15, 0.2) is 78.9 Å². The third-order valence-electron chi connectivity index (χ3n) is 7.49. The number of nitrogens with zero attached hydrogens (tertiary/aromatic N) is 1. The zero-order valence-corrected chi connectivity index (χ0v) is 24.0. The molecule has 0 unspecified atom stereocenters. The van der Waals surface area contributed by atoms with Gasteiger partial charge in [0, 0.05) is 15.7 Å². The van der Waals surface area contributed by atoms with Crippen molar-refractivity contribution in [3.8, 4) is 0 Å².